The van der Waals surface area contributed by atoms with Crippen LogP contribution in [0.2, 0.25) is 0 Å². The van der Waals surface area contributed by atoms with Crippen LogP contribution in [0.1, 0.15) is 27.0 Å². The van der Waals surface area contributed by atoms with Crippen molar-refractivity contribution in [3.8, 4) is 5.75 Å². The summed E-state index contributed by atoms with van der Waals surface area (Å²) in [5, 5.41) is 15.1. The van der Waals surface area contributed by atoms with Gasteiger partial charge < -0.3 is 29.4 Å². The molecule has 1 saturated heterocycles. The topological polar surface area (TPSA) is 176 Å². The zero-order chi connectivity index (χ0) is 32.7. The smallest absolute Gasteiger partial charge is 0.323 e. The summed E-state index contributed by atoms with van der Waals surface area (Å²) < 4.78 is 68.6. The fraction of sp³-hybridized carbons (Fsp3) is 0.407. The molecular weight excluding hydrogens is 640 g/mol. The summed E-state index contributed by atoms with van der Waals surface area (Å²) in [5.41, 5.74) is 1.31. The summed E-state index contributed by atoms with van der Waals surface area (Å²) in [6.07, 6.45) is -9.78. The van der Waals surface area contributed by atoms with Gasteiger partial charge in [0.25, 0.3) is 12.0 Å². The van der Waals surface area contributed by atoms with Crippen LogP contribution in [0, 0.1) is 0 Å². The largest absolute Gasteiger partial charge is 0.462 e. The highest BCUT2D eigenvalue weighted by Gasteiger charge is 2.62. The summed E-state index contributed by atoms with van der Waals surface area (Å²) >= 11 is 5.64. The van der Waals surface area contributed by atoms with Crippen molar-refractivity contribution in [2.24, 2.45) is 0 Å². The molecule has 5 rings (SSSR count). The summed E-state index contributed by atoms with van der Waals surface area (Å²) in [7, 11) is 0. The van der Waals surface area contributed by atoms with E-state index in [2.05, 4.69) is 20.0 Å². The van der Waals surface area contributed by atoms with E-state index >= 15 is 4.39 Å². The van der Waals surface area contributed by atoms with Gasteiger partial charge in [-0.25, -0.2) is 23.2 Å². The van der Waals surface area contributed by atoms with Crippen LogP contribution in [-0.2, 0) is 30.6 Å². The minimum Gasteiger partial charge on any atom is -0.462 e. The van der Waals surface area contributed by atoms with Gasteiger partial charge in [0.15, 0.2) is 29.2 Å². The van der Waals surface area contributed by atoms with E-state index in [4.69, 9.17) is 36.1 Å². The number of aromatic nitrogens is 4. The highest BCUT2D eigenvalue weighted by molar-refractivity contribution is 8.09. The van der Waals surface area contributed by atoms with Gasteiger partial charge in [0, 0.05) is 0 Å². The van der Waals surface area contributed by atoms with Crippen LogP contribution in [0.4, 0.5) is 19.1 Å². The molecule has 0 amide bonds. The highest BCUT2D eigenvalue weighted by atomic mass is 32.5. The third-order valence-corrected chi connectivity index (χ3v) is 9.44. The van der Waals surface area contributed by atoms with Gasteiger partial charge in [0.2, 0.25) is 5.95 Å². The number of nitrogens with two attached hydrogens (primary N) is 1. The van der Waals surface area contributed by atoms with Crippen LogP contribution < -0.4 is 20.9 Å². The zero-order valence-corrected chi connectivity index (χ0v) is 25.8. The highest BCUT2D eigenvalue weighted by Crippen LogP contribution is 2.50. The Morgan fingerprint density at radius 3 is 2.67 bits per heavy atom. The number of H-pyrrole nitrogens is 1. The Hall–Kier alpha value is -3.60. The first-order valence-electron chi connectivity index (χ1n) is 13.6. The summed E-state index contributed by atoms with van der Waals surface area (Å²) in [6.45, 7) is -0.486. The van der Waals surface area contributed by atoms with E-state index < -0.39 is 67.5 Å². The molecule has 6 unspecified atom stereocenters. The second kappa shape index (κ2) is 12.7. The van der Waals surface area contributed by atoms with Crippen molar-refractivity contribution in [1.82, 2.24) is 24.6 Å². The van der Waals surface area contributed by atoms with Crippen molar-refractivity contribution in [2.45, 2.75) is 63.4 Å². The lowest BCUT2D eigenvalue weighted by atomic mass is 9.98. The maximum atomic E-state index is 15.8. The first-order chi connectivity index (χ1) is 21.2. The molecule has 0 radical (unpaired) electrons. The lowest BCUT2D eigenvalue weighted by Crippen LogP contribution is -2.51. The van der Waals surface area contributed by atoms with Crippen molar-refractivity contribution in [1.29, 1.82) is 0 Å². The minimum absolute atomic E-state index is 0.181. The number of nitrogen functional groups attached to an aromatic ring is 1. The number of hydrogen-bond acceptors (Lipinski definition) is 11. The Bertz CT molecular complexity index is 1830. The number of carbonyl (C=O) groups excluding carboxylic acids is 1. The number of hydrogen-bond donors (Lipinski definition) is 4. The molecule has 1 aliphatic heterocycles. The quantitative estimate of drug-likeness (QED) is 0.136. The van der Waals surface area contributed by atoms with Crippen molar-refractivity contribution in [2.75, 3.05) is 12.3 Å². The molecule has 2 aromatic carbocycles. The molecule has 13 nitrogen and oxygen atoms in total. The van der Waals surface area contributed by atoms with Gasteiger partial charge in [-0.1, -0.05) is 30.3 Å². The third-order valence-electron chi connectivity index (χ3n) is 6.96. The molecule has 242 valence electrons. The molecule has 1 aliphatic rings. The van der Waals surface area contributed by atoms with Gasteiger partial charge in [0.05, 0.1) is 19.0 Å². The molecule has 18 heteroatoms. The second-order valence-corrected chi connectivity index (χ2v) is 13.8. The molecule has 1 fully saturated rings. The maximum absolute atomic E-state index is 15.8. The Kier molecular flexibility index (Phi) is 9.22. The molecule has 4 aromatic rings. The number of benzene rings is 2. The molecule has 0 spiro atoms. The van der Waals surface area contributed by atoms with Gasteiger partial charge in [-0.15, -0.1) is 0 Å². The normalized spacial score (nSPS) is 23.9. The fourth-order valence-corrected chi connectivity index (χ4v) is 7.17. The number of nitrogens with zero attached hydrogens (tertiary/aromatic N) is 3. The molecule has 6 atom stereocenters. The predicted octanol–water partition coefficient (Wildman–Crippen LogP) is 3.34. The van der Waals surface area contributed by atoms with Gasteiger partial charge in [-0.3, -0.25) is 19.1 Å². The molecule has 0 saturated carbocycles. The fourth-order valence-electron chi connectivity index (χ4n) is 4.76. The number of halogens is 3. The van der Waals surface area contributed by atoms with Crippen molar-refractivity contribution < 1.29 is 41.6 Å². The van der Waals surface area contributed by atoms with Crippen molar-refractivity contribution in [3.63, 3.8) is 0 Å². The number of aromatic amines is 1. The predicted molar refractivity (Wildman–Crippen MR) is 161 cm³/mol. The number of aliphatic hydroxyl groups is 1. The molecule has 0 bridgehead atoms. The SMILES string of the molecule is CC(C)OC(=O)C(C)NP(=S)(OCC1(C(F)F)OC(n2cnc3c(=O)[nH]c(N)nc32)C(O)C1F)Oc1ccc2ccccc2c1. The lowest BCUT2D eigenvalue weighted by Gasteiger charge is -2.33. The summed E-state index contributed by atoms with van der Waals surface area (Å²) in [6, 6.07) is 11.1. The number of fused-ring (bicyclic) bond motifs is 2. The van der Waals surface area contributed by atoms with E-state index in [-0.39, 0.29) is 22.9 Å². The van der Waals surface area contributed by atoms with E-state index in [1.807, 2.05) is 18.2 Å². The first-order valence-corrected chi connectivity index (χ1v) is 16.3. The summed E-state index contributed by atoms with van der Waals surface area (Å²) in [5.74, 6) is -0.871. The van der Waals surface area contributed by atoms with E-state index in [1.165, 1.54) is 6.92 Å². The van der Waals surface area contributed by atoms with Crippen LogP contribution in [0.3, 0.4) is 0 Å². The maximum Gasteiger partial charge on any atom is 0.323 e. The van der Waals surface area contributed by atoms with Gasteiger partial charge >= 0.3 is 12.6 Å². The average Bonchev–Trinajstić information content (AvgIpc) is 3.50. The number of carbonyl (C=O) groups is 1. The molecule has 2 aromatic heterocycles. The Labute approximate surface area is 259 Å². The van der Waals surface area contributed by atoms with Crippen molar-refractivity contribution >= 4 is 52.3 Å². The molecule has 0 aliphatic carbocycles. The Morgan fingerprint density at radius 2 is 1.98 bits per heavy atom. The van der Waals surface area contributed by atoms with Crippen LogP contribution in [0.5, 0.6) is 5.75 Å². The van der Waals surface area contributed by atoms with Crippen LogP contribution >= 0.6 is 6.64 Å². The number of esters is 1. The number of ether oxygens (including phenoxy) is 2. The number of imidazole rings is 1. The number of rotatable bonds is 11. The minimum atomic E-state index is -3.96. The van der Waals surface area contributed by atoms with E-state index in [9.17, 15) is 23.5 Å². The van der Waals surface area contributed by atoms with E-state index in [1.54, 1.807) is 38.1 Å². The molecule has 5 N–H and O–H groups in total. The van der Waals surface area contributed by atoms with E-state index in [0.29, 0.717) is 0 Å². The standard InChI is InChI=1S/C27H30F3N6O7PS/c1-13(2)41-24(39)14(3)35-44(45,43-17-9-8-15-6-4-5-7-16(15)10-17)40-11-27(25(29)30)20(28)19(37)23(42-27)36-12-32-18-21(36)33-26(31)34-22(18)38/h4-10,12-14,19-20,23,25,37H,11H2,1-3H3,(H,35,45)(H3,31,33,34,38). The van der Waals surface area contributed by atoms with Crippen LogP contribution in [0.15, 0.2) is 53.6 Å². The van der Waals surface area contributed by atoms with Gasteiger partial charge in [-0.2, -0.15) is 4.98 Å². The second-order valence-electron chi connectivity index (χ2n) is 10.6. The molecule has 3 heterocycles. The molecular formula is C27H30F3N6O7PS. The van der Waals surface area contributed by atoms with Gasteiger partial charge in [-0.05, 0) is 55.5 Å². The Balaban J connectivity index is 1.46. The van der Waals surface area contributed by atoms with Crippen molar-refractivity contribution in [3.05, 3.63) is 59.1 Å². The average molecular weight is 671 g/mol. The van der Waals surface area contributed by atoms with Gasteiger partial charge in [0.1, 0.15) is 17.9 Å². The number of alkyl halides is 3. The number of anilines is 1. The molecule has 45 heavy (non-hydrogen) atoms. The number of nitrogens with one attached hydrogen (secondary N) is 2. The van der Waals surface area contributed by atoms with E-state index in [0.717, 1.165) is 21.7 Å². The first kappa shape index (κ1) is 32.8. The van der Waals surface area contributed by atoms with Crippen LogP contribution in [0.25, 0.3) is 21.9 Å². The zero-order valence-electron chi connectivity index (χ0n) is 24.1. The third kappa shape index (κ3) is 6.55. The monoisotopic (exact) mass is 670 g/mol. The van der Waals surface area contributed by atoms with Crippen LogP contribution in [-0.4, -0.2) is 73.6 Å². The number of aliphatic hydroxyl groups excluding tert-OH is 1. The lowest BCUT2D eigenvalue weighted by molar-refractivity contribution is -0.181. The summed E-state index contributed by atoms with van der Waals surface area (Å²) in [4.78, 5) is 34.8. The Morgan fingerprint density at radius 1 is 1.27 bits per heavy atom.